The van der Waals surface area contributed by atoms with Crippen molar-refractivity contribution in [1.29, 1.82) is 0 Å². The molecular weight excluding hydrogens is 270 g/mol. The minimum atomic E-state index is -0.838. The van der Waals surface area contributed by atoms with Gasteiger partial charge in [-0.1, -0.05) is 12.1 Å². The van der Waals surface area contributed by atoms with E-state index >= 15 is 0 Å². The van der Waals surface area contributed by atoms with Crippen LogP contribution < -0.4 is 4.74 Å². The van der Waals surface area contributed by atoms with Crippen molar-refractivity contribution in [2.45, 2.75) is 26.2 Å². The van der Waals surface area contributed by atoms with Crippen molar-refractivity contribution in [1.82, 2.24) is 4.90 Å². The molecule has 2 atom stereocenters. The maximum atomic E-state index is 12.5. The van der Waals surface area contributed by atoms with Crippen LogP contribution in [0, 0.1) is 5.41 Å². The van der Waals surface area contributed by atoms with Crippen LogP contribution in [0.25, 0.3) is 0 Å². The maximum Gasteiger partial charge on any atom is 0.311 e. The highest BCUT2D eigenvalue weighted by atomic mass is 16.5. The fourth-order valence-electron chi connectivity index (χ4n) is 2.63. The summed E-state index contributed by atoms with van der Waals surface area (Å²) in [4.78, 5) is 25.4. The summed E-state index contributed by atoms with van der Waals surface area (Å²) in [6.45, 7) is 4.32. The Balaban J connectivity index is 2.07. The van der Waals surface area contributed by atoms with E-state index in [0.717, 1.165) is 11.3 Å². The summed E-state index contributed by atoms with van der Waals surface area (Å²) in [5, 5.41) is 9.23. The van der Waals surface area contributed by atoms with E-state index in [2.05, 4.69) is 0 Å². The molecule has 5 nitrogen and oxygen atoms in total. The maximum absolute atomic E-state index is 12.5. The Labute approximate surface area is 124 Å². The lowest BCUT2D eigenvalue weighted by Gasteiger charge is -2.23. The Hall–Kier alpha value is -2.04. The number of benzene rings is 1. The SMILES string of the molecule is COc1ccc([C@H](C)C(=O)N2CC[C@@](C)(C(=O)O)C2)cc1. The smallest absolute Gasteiger partial charge is 0.311 e. The van der Waals surface area contributed by atoms with Gasteiger partial charge in [-0.2, -0.15) is 0 Å². The molecule has 1 saturated heterocycles. The summed E-state index contributed by atoms with van der Waals surface area (Å²) < 4.78 is 5.10. The predicted molar refractivity (Wildman–Crippen MR) is 78.3 cm³/mol. The summed E-state index contributed by atoms with van der Waals surface area (Å²) in [7, 11) is 1.60. The first-order valence-corrected chi connectivity index (χ1v) is 7.03. The highest BCUT2D eigenvalue weighted by Crippen LogP contribution is 2.32. The van der Waals surface area contributed by atoms with Gasteiger partial charge in [-0.15, -0.1) is 0 Å². The molecule has 1 aromatic rings. The third kappa shape index (κ3) is 3.01. The second-order valence-electron chi connectivity index (χ2n) is 5.87. The van der Waals surface area contributed by atoms with Gasteiger partial charge in [0.1, 0.15) is 5.75 Å². The predicted octanol–water partition coefficient (Wildman–Crippen LogP) is 2.12. The van der Waals surface area contributed by atoms with E-state index in [1.165, 1.54) is 0 Å². The van der Waals surface area contributed by atoms with Crippen molar-refractivity contribution in [2.24, 2.45) is 5.41 Å². The van der Waals surface area contributed by atoms with Crippen molar-refractivity contribution in [3.63, 3.8) is 0 Å². The summed E-state index contributed by atoms with van der Waals surface area (Å²) in [6, 6.07) is 7.39. The second-order valence-corrected chi connectivity index (χ2v) is 5.87. The summed E-state index contributed by atoms with van der Waals surface area (Å²) >= 11 is 0. The van der Waals surface area contributed by atoms with Crippen molar-refractivity contribution in [3.8, 4) is 5.75 Å². The van der Waals surface area contributed by atoms with Gasteiger partial charge in [0.05, 0.1) is 18.4 Å². The first-order valence-electron chi connectivity index (χ1n) is 7.03. The average Bonchev–Trinajstić information content (AvgIpc) is 2.90. The normalized spacial score (nSPS) is 22.9. The molecule has 0 aliphatic carbocycles. The minimum Gasteiger partial charge on any atom is -0.497 e. The molecule has 5 heteroatoms. The molecule has 1 fully saturated rings. The van der Waals surface area contributed by atoms with Gasteiger partial charge in [0.15, 0.2) is 0 Å². The molecule has 1 N–H and O–H groups in total. The number of carbonyl (C=O) groups is 2. The molecule has 0 unspecified atom stereocenters. The average molecular weight is 291 g/mol. The van der Waals surface area contributed by atoms with Crippen LogP contribution in [0.3, 0.4) is 0 Å². The molecule has 1 heterocycles. The Morgan fingerprint density at radius 1 is 1.33 bits per heavy atom. The van der Waals surface area contributed by atoms with Crippen LogP contribution >= 0.6 is 0 Å². The Kier molecular flexibility index (Phi) is 4.21. The summed E-state index contributed by atoms with van der Waals surface area (Å²) in [6.07, 6.45) is 0.503. The molecule has 0 bridgehead atoms. The van der Waals surface area contributed by atoms with Gasteiger partial charge < -0.3 is 14.7 Å². The van der Waals surface area contributed by atoms with Gasteiger partial charge in [-0.05, 0) is 38.0 Å². The minimum absolute atomic E-state index is 0.0230. The van der Waals surface area contributed by atoms with Crippen molar-refractivity contribution < 1.29 is 19.4 Å². The van der Waals surface area contributed by atoms with E-state index in [1.807, 2.05) is 31.2 Å². The number of likely N-dealkylation sites (tertiary alicyclic amines) is 1. The van der Waals surface area contributed by atoms with Gasteiger partial charge >= 0.3 is 5.97 Å². The quantitative estimate of drug-likeness (QED) is 0.922. The van der Waals surface area contributed by atoms with Gasteiger partial charge in [0.2, 0.25) is 5.91 Å². The van der Waals surface area contributed by atoms with E-state index in [0.29, 0.717) is 13.0 Å². The molecule has 1 aliphatic rings. The molecule has 21 heavy (non-hydrogen) atoms. The summed E-state index contributed by atoms with van der Waals surface area (Å²) in [5.41, 5.74) is 0.0830. The van der Waals surface area contributed by atoms with Crippen LogP contribution in [-0.2, 0) is 9.59 Å². The summed E-state index contributed by atoms with van der Waals surface area (Å²) in [5.74, 6) is -0.398. The monoisotopic (exact) mass is 291 g/mol. The molecule has 1 aliphatic heterocycles. The molecular formula is C16H21NO4. The second kappa shape index (κ2) is 5.76. The number of aliphatic carboxylic acids is 1. The van der Waals surface area contributed by atoms with Gasteiger partial charge in [0, 0.05) is 13.1 Å². The number of carboxylic acid groups (broad SMARTS) is 1. The van der Waals surface area contributed by atoms with Crippen LogP contribution in [0.2, 0.25) is 0 Å². The fraction of sp³-hybridized carbons (Fsp3) is 0.500. The van der Waals surface area contributed by atoms with Crippen LogP contribution in [0.1, 0.15) is 31.7 Å². The van der Waals surface area contributed by atoms with Gasteiger partial charge in [0.25, 0.3) is 0 Å². The first kappa shape index (κ1) is 15.4. The molecule has 1 amide bonds. The van der Waals surface area contributed by atoms with Crippen LogP contribution in [-0.4, -0.2) is 42.1 Å². The third-order valence-corrected chi connectivity index (χ3v) is 4.29. The lowest BCUT2D eigenvalue weighted by Crippen LogP contribution is -2.36. The molecule has 0 radical (unpaired) electrons. The lowest BCUT2D eigenvalue weighted by molar-refractivity contribution is -0.147. The largest absolute Gasteiger partial charge is 0.497 e. The fourth-order valence-corrected chi connectivity index (χ4v) is 2.63. The number of hydrogen-bond acceptors (Lipinski definition) is 3. The van der Waals surface area contributed by atoms with E-state index in [9.17, 15) is 14.7 Å². The number of ether oxygens (including phenoxy) is 1. The number of nitrogens with zero attached hydrogens (tertiary/aromatic N) is 1. The van der Waals surface area contributed by atoms with Crippen molar-refractivity contribution >= 4 is 11.9 Å². The van der Waals surface area contributed by atoms with Crippen molar-refractivity contribution in [2.75, 3.05) is 20.2 Å². The number of carbonyl (C=O) groups excluding carboxylic acids is 1. The van der Waals surface area contributed by atoms with Gasteiger partial charge in [-0.3, -0.25) is 9.59 Å². The van der Waals surface area contributed by atoms with Crippen LogP contribution in [0.15, 0.2) is 24.3 Å². The molecule has 1 aromatic carbocycles. The highest BCUT2D eigenvalue weighted by Gasteiger charge is 2.42. The topological polar surface area (TPSA) is 66.8 Å². The molecule has 0 aromatic heterocycles. The zero-order valence-corrected chi connectivity index (χ0v) is 12.6. The standard InChI is InChI=1S/C16H21NO4/c1-11(12-4-6-13(21-3)7-5-12)14(18)17-9-8-16(2,10-17)15(19)20/h4-7,11H,8-10H2,1-3H3,(H,19,20)/t11-,16+/m0/s1. The van der Waals surface area contributed by atoms with E-state index < -0.39 is 11.4 Å². The van der Waals surface area contributed by atoms with E-state index in [-0.39, 0.29) is 18.4 Å². The van der Waals surface area contributed by atoms with E-state index in [1.54, 1.807) is 18.9 Å². The highest BCUT2D eigenvalue weighted by molar-refractivity contribution is 5.85. The van der Waals surface area contributed by atoms with Crippen molar-refractivity contribution in [3.05, 3.63) is 29.8 Å². The molecule has 0 saturated carbocycles. The molecule has 0 spiro atoms. The Morgan fingerprint density at radius 3 is 2.43 bits per heavy atom. The number of carboxylic acids is 1. The van der Waals surface area contributed by atoms with Gasteiger partial charge in [-0.25, -0.2) is 0 Å². The first-order chi connectivity index (χ1) is 9.87. The number of rotatable bonds is 4. The Morgan fingerprint density at radius 2 is 1.95 bits per heavy atom. The number of hydrogen-bond donors (Lipinski definition) is 1. The number of methoxy groups -OCH3 is 1. The third-order valence-electron chi connectivity index (χ3n) is 4.29. The van der Waals surface area contributed by atoms with Crippen LogP contribution in [0.5, 0.6) is 5.75 Å². The zero-order chi connectivity index (χ0) is 15.6. The molecule has 2 rings (SSSR count). The van der Waals surface area contributed by atoms with E-state index in [4.69, 9.17) is 4.74 Å². The Bertz CT molecular complexity index is 540. The molecule has 114 valence electrons. The van der Waals surface area contributed by atoms with Crippen LogP contribution in [0.4, 0.5) is 0 Å². The zero-order valence-electron chi connectivity index (χ0n) is 12.6. The lowest BCUT2D eigenvalue weighted by atomic mass is 9.90. The number of amides is 1.